The Balaban J connectivity index is 1.59. The van der Waals surface area contributed by atoms with Crippen LogP contribution < -0.4 is 14.8 Å². The molecule has 1 amide bonds. The van der Waals surface area contributed by atoms with E-state index in [0.717, 1.165) is 30.4 Å². The molecule has 3 aromatic carbocycles. The van der Waals surface area contributed by atoms with Gasteiger partial charge in [-0.3, -0.25) is 9.52 Å². The van der Waals surface area contributed by atoms with E-state index in [2.05, 4.69) is 17.0 Å². The minimum Gasteiger partial charge on any atom is -0.483 e. The number of carbonyl (C=O) groups is 1. The fourth-order valence-corrected chi connectivity index (χ4v) is 4.58. The normalized spacial score (nSPS) is 11.2. The molecule has 0 saturated carbocycles. The van der Waals surface area contributed by atoms with E-state index in [1.165, 1.54) is 17.7 Å². The summed E-state index contributed by atoms with van der Waals surface area (Å²) in [7, 11) is -3.75. The smallest absolute Gasteiger partial charge is 0.262 e. The van der Waals surface area contributed by atoms with Crippen molar-refractivity contribution in [1.82, 2.24) is 0 Å². The van der Waals surface area contributed by atoms with Gasteiger partial charge in [0.1, 0.15) is 5.75 Å². The third kappa shape index (κ3) is 6.84. The molecule has 34 heavy (non-hydrogen) atoms. The van der Waals surface area contributed by atoms with Crippen LogP contribution >= 0.6 is 0 Å². The van der Waals surface area contributed by atoms with Gasteiger partial charge < -0.3 is 10.1 Å². The third-order valence-corrected chi connectivity index (χ3v) is 7.01. The lowest BCUT2D eigenvalue weighted by Crippen LogP contribution is -2.20. The lowest BCUT2D eigenvalue weighted by Gasteiger charge is -2.13. The van der Waals surface area contributed by atoms with Gasteiger partial charge in [-0.2, -0.15) is 0 Å². The van der Waals surface area contributed by atoms with E-state index >= 15 is 0 Å². The summed E-state index contributed by atoms with van der Waals surface area (Å²) in [5, 5.41) is 2.82. The molecule has 0 fully saturated rings. The number of ether oxygens (including phenoxy) is 1. The fourth-order valence-electron chi connectivity index (χ4n) is 3.45. The molecule has 0 aliphatic carbocycles. The number of unbranched alkanes of at least 4 members (excludes halogenated alkanes) is 1. The van der Waals surface area contributed by atoms with Gasteiger partial charge in [-0.25, -0.2) is 8.42 Å². The van der Waals surface area contributed by atoms with Crippen molar-refractivity contribution in [2.45, 2.75) is 51.9 Å². The highest BCUT2D eigenvalue weighted by Crippen LogP contribution is 2.24. The molecule has 0 aliphatic heterocycles. The number of benzene rings is 3. The zero-order valence-electron chi connectivity index (χ0n) is 20.1. The SMILES string of the molecule is CCCCc1ccc(NC(=O)COc2ccc(S(=O)(=O)Nc3ccc(C)c(C)c3)cc2C)cc1. The first-order valence-electron chi connectivity index (χ1n) is 11.4. The molecular weight excluding hydrogens is 448 g/mol. The van der Waals surface area contributed by atoms with Crippen molar-refractivity contribution in [2.24, 2.45) is 0 Å². The zero-order valence-corrected chi connectivity index (χ0v) is 21.0. The van der Waals surface area contributed by atoms with Crippen LogP contribution in [0.2, 0.25) is 0 Å². The first kappa shape index (κ1) is 25.3. The minimum atomic E-state index is -3.75. The van der Waals surface area contributed by atoms with Crippen LogP contribution in [0.4, 0.5) is 11.4 Å². The van der Waals surface area contributed by atoms with E-state index < -0.39 is 10.0 Å². The fraction of sp³-hybridized carbons (Fsp3) is 0.296. The largest absolute Gasteiger partial charge is 0.483 e. The van der Waals surface area contributed by atoms with Crippen LogP contribution in [0.15, 0.2) is 65.6 Å². The Bertz CT molecular complexity index is 1250. The first-order chi connectivity index (χ1) is 16.2. The van der Waals surface area contributed by atoms with E-state index in [0.29, 0.717) is 22.7 Å². The van der Waals surface area contributed by atoms with Gasteiger partial charge in [0.15, 0.2) is 6.61 Å². The Labute approximate surface area is 202 Å². The Kier molecular flexibility index (Phi) is 8.34. The van der Waals surface area contributed by atoms with Gasteiger partial charge in [0, 0.05) is 11.4 Å². The number of nitrogens with one attached hydrogen (secondary N) is 2. The van der Waals surface area contributed by atoms with Crippen molar-refractivity contribution in [3.63, 3.8) is 0 Å². The lowest BCUT2D eigenvalue weighted by molar-refractivity contribution is -0.118. The van der Waals surface area contributed by atoms with E-state index in [1.54, 1.807) is 25.1 Å². The van der Waals surface area contributed by atoms with Gasteiger partial charge in [-0.1, -0.05) is 31.5 Å². The molecule has 0 heterocycles. The number of aryl methyl sites for hydroxylation is 4. The maximum absolute atomic E-state index is 12.8. The summed E-state index contributed by atoms with van der Waals surface area (Å²) in [6.07, 6.45) is 3.31. The van der Waals surface area contributed by atoms with E-state index in [1.807, 2.05) is 44.2 Å². The lowest BCUT2D eigenvalue weighted by atomic mass is 10.1. The molecule has 0 saturated heterocycles. The summed E-state index contributed by atoms with van der Waals surface area (Å²) in [5.41, 5.74) is 5.18. The number of anilines is 2. The third-order valence-electron chi connectivity index (χ3n) is 5.63. The predicted molar refractivity (Wildman–Crippen MR) is 137 cm³/mol. The molecule has 180 valence electrons. The van der Waals surface area contributed by atoms with Gasteiger partial charge in [0.05, 0.1) is 4.90 Å². The topological polar surface area (TPSA) is 84.5 Å². The second-order valence-electron chi connectivity index (χ2n) is 8.47. The summed E-state index contributed by atoms with van der Waals surface area (Å²) in [5.74, 6) is 0.170. The standard InChI is InChI=1S/C27H32N2O4S/c1-5-6-7-22-9-12-23(13-10-22)28-27(30)18-33-26-15-14-25(17-21(26)4)34(31,32)29-24-11-8-19(2)20(3)16-24/h8-17,29H,5-7,18H2,1-4H3,(H,28,30). The molecule has 3 aromatic rings. The molecule has 2 N–H and O–H groups in total. The van der Waals surface area contributed by atoms with Crippen molar-refractivity contribution < 1.29 is 17.9 Å². The van der Waals surface area contributed by atoms with E-state index in [-0.39, 0.29) is 17.4 Å². The second kappa shape index (κ2) is 11.2. The maximum Gasteiger partial charge on any atom is 0.262 e. The van der Waals surface area contributed by atoms with Crippen LogP contribution in [0.5, 0.6) is 5.75 Å². The van der Waals surface area contributed by atoms with Gasteiger partial charge >= 0.3 is 0 Å². The highest BCUT2D eigenvalue weighted by atomic mass is 32.2. The minimum absolute atomic E-state index is 0.128. The van der Waals surface area contributed by atoms with Crippen LogP contribution in [-0.4, -0.2) is 20.9 Å². The molecular formula is C27H32N2O4S. The number of carbonyl (C=O) groups excluding carboxylic acids is 1. The molecule has 7 heteroatoms. The highest BCUT2D eigenvalue weighted by Gasteiger charge is 2.16. The number of hydrogen-bond acceptors (Lipinski definition) is 4. The van der Waals surface area contributed by atoms with Gasteiger partial charge in [-0.15, -0.1) is 0 Å². The average Bonchev–Trinajstić information content (AvgIpc) is 2.80. The number of rotatable bonds is 10. The second-order valence-corrected chi connectivity index (χ2v) is 10.2. The van der Waals surface area contributed by atoms with Crippen LogP contribution in [0, 0.1) is 20.8 Å². The van der Waals surface area contributed by atoms with Crippen LogP contribution in [0.3, 0.4) is 0 Å². The number of amides is 1. The zero-order chi connectivity index (χ0) is 24.7. The summed E-state index contributed by atoms with van der Waals surface area (Å²) >= 11 is 0. The summed E-state index contributed by atoms with van der Waals surface area (Å²) in [4.78, 5) is 12.4. The van der Waals surface area contributed by atoms with Crippen molar-refractivity contribution in [1.29, 1.82) is 0 Å². The highest BCUT2D eigenvalue weighted by molar-refractivity contribution is 7.92. The molecule has 0 unspecified atom stereocenters. The van der Waals surface area contributed by atoms with E-state index in [9.17, 15) is 13.2 Å². The summed E-state index contributed by atoms with van der Waals surface area (Å²) in [6, 6.07) is 17.8. The first-order valence-corrected chi connectivity index (χ1v) is 12.9. The summed E-state index contributed by atoms with van der Waals surface area (Å²) in [6.45, 7) is 7.64. The van der Waals surface area contributed by atoms with Crippen LogP contribution in [0.25, 0.3) is 0 Å². The Morgan fingerprint density at radius 3 is 2.21 bits per heavy atom. The Hall–Kier alpha value is -3.32. The Morgan fingerprint density at radius 2 is 1.56 bits per heavy atom. The molecule has 0 radical (unpaired) electrons. The number of sulfonamides is 1. The van der Waals surface area contributed by atoms with Crippen LogP contribution in [0.1, 0.15) is 42.0 Å². The van der Waals surface area contributed by atoms with Gasteiger partial charge in [0.2, 0.25) is 0 Å². The van der Waals surface area contributed by atoms with Crippen molar-refractivity contribution in [3.05, 3.63) is 82.9 Å². The molecule has 0 aromatic heterocycles. The quantitative estimate of drug-likeness (QED) is 0.386. The van der Waals surface area contributed by atoms with Crippen molar-refractivity contribution in [2.75, 3.05) is 16.6 Å². The van der Waals surface area contributed by atoms with Gasteiger partial charge in [0.25, 0.3) is 15.9 Å². The Morgan fingerprint density at radius 1 is 0.853 bits per heavy atom. The molecule has 3 rings (SSSR count). The number of hydrogen-bond donors (Lipinski definition) is 2. The molecule has 0 atom stereocenters. The van der Waals surface area contributed by atoms with Gasteiger partial charge in [-0.05, 0) is 98.3 Å². The average molecular weight is 481 g/mol. The monoisotopic (exact) mass is 480 g/mol. The predicted octanol–water partition coefficient (Wildman–Crippen LogP) is 5.77. The van der Waals surface area contributed by atoms with Crippen molar-refractivity contribution >= 4 is 27.3 Å². The van der Waals surface area contributed by atoms with Crippen LogP contribution in [-0.2, 0) is 21.2 Å². The molecule has 0 bridgehead atoms. The molecule has 0 aliphatic rings. The van der Waals surface area contributed by atoms with E-state index in [4.69, 9.17) is 4.74 Å². The molecule has 6 nitrogen and oxygen atoms in total. The summed E-state index contributed by atoms with van der Waals surface area (Å²) < 4.78 is 33.8. The van der Waals surface area contributed by atoms with Crippen molar-refractivity contribution in [3.8, 4) is 5.75 Å². The maximum atomic E-state index is 12.8. The molecule has 0 spiro atoms.